The Labute approximate surface area is 253 Å². The molecule has 220 valence electrons. The van der Waals surface area contributed by atoms with Crippen LogP contribution in [0.3, 0.4) is 0 Å². The Morgan fingerprint density at radius 2 is 1.65 bits per heavy atom. The summed E-state index contributed by atoms with van der Waals surface area (Å²) in [5.41, 5.74) is 6.04. The van der Waals surface area contributed by atoms with Gasteiger partial charge in [-0.3, -0.25) is 15.0 Å². The van der Waals surface area contributed by atoms with Crippen molar-refractivity contribution < 1.29 is 17.7 Å². The molecule has 2 aromatic heterocycles. The minimum absolute atomic E-state index is 0.0629. The van der Waals surface area contributed by atoms with Crippen molar-refractivity contribution in [1.29, 1.82) is 0 Å². The van der Waals surface area contributed by atoms with E-state index in [9.17, 15) is 22.9 Å². The largest absolute Gasteiger partial charge is 0.301 e. The molecule has 0 N–H and O–H groups in total. The highest BCUT2D eigenvalue weighted by molar-refractivity contribution is 7.89. The number of nitro groups is 1. The van der Waals surface area contributed by atoms with E-state index in [1.165, 1.54) is 28.6 Å². The summed E-state index contributed by atoms with van der Waals surface area (Å²) in [6.07, 6.45) is 2.05. The number of fused-ring (bicyclic) bond motifs is 1. The van der Waals surface area contributed by atoms with Crippen molar-refractivity contribution in [2.75, 3.05) is 26.2 Å². The number of aromatic nitrogens is 2. The lowest BCUT2D eigenvalue weighted by molar-refractivity contribution is -0.385. The molecule has 0 radical (unpaired) electrons. The second kappa shape index (κ2) is 11.5. The van der Waals surface area contributed by atoms with Crippen LogP contribution in [0.2, 0.25) is 5.02 Å². The van der Waals surface area contributed by atoms with Crippen molar-refractivity contribution in [3.8, 4) is 22.4 Å². The van der Waals surface area contributed by atoms with Gasteiger partial charge in [-0.2, -0.15) is 4.31 Å². The van der Waals surface area contributed by atoms with E-state index in [1.54, 1.807) is 12.1 Å². The standard InChI is InChI=1S/C31H27ClFN5O4S/c1-21-3-2-4-23(17-21)24-7-12-30-34-31(22-5-8-25(33)9-6-22)28(37(30)19-24)20-35-13-15-36(16-14-35)43(41,42)29-18-26(38(39)40)10-11-27(29)32/h2-12,17-19H,13-16,20H2,1H3. The van der Waals surface area contributed by atoms with Gasteiger partial charge in [-0.15, -0.1) is 0 Å². The number of non-ortho nitro benzene ring substituents is 1. The first kappa shape index (κ1) is 28.9. The summed E-state index contributed by atoms with van der Waals surface area (Å²) in [7, 11) is -4.05. The van der Waals surface area contributed by atoms with Crippen LogP contribution >= 0.6 is 11.6 Å². The van der Waals surface area contributed by atoms with Crippen molar-refractivity contribution in [2.24, 2.45) is 0 Å². The summed E-state index contributed by atoms with van der Waals surface area (Å²) in [5, 5.41) is 11.2. The Hall–Kier alpha value is -4.16. The Kier molecular flexibility index (Phi) is 7.74. The zero-order chi connectivity index (χ0) is 30.3. The third-order valence-corrected chi connectivity index (χ3v) is 10.0. The number of imidazole rings is 1. The molecule has 12 heteroatoms. The third-order valence-electron chi connectivity index (χ3n) is 7.63. The van der Waals surface area contributed by atoms with E-state index in [0.717, 1.165) is 45.4 Å². The fourth-order valence-corrected chi connectivity index (χ4v) is 7.28. The van der Waals surface area contributed by atoms with Crippen molar-refractivity contribution in [3.63, 3.8) is 0 Å². The first-order chi connectivity index (χ1) is 20.6. The molecule has 0 saturated carbocycles. The summed E-state index contributed by atoms with van der Waals surface area (Å²) < 4.78 is 43.9. The molecule has 3 heterocycles. The van der Waals surface area contributed by atoms with Crippen molar-refractivity contribution in [2.45, 2.75) is 18.4 Å². The molecule has 1 fully saturated rings. The van der Waals surface area contributed by atoms with E-state index in [4.69, 9.17) is 16.6 Å². The van der Waals surface area contributed by atoms with Crippen LogP contribution in [-0.4, -0.2) is 58.1 Å². The van der Waals surface area contributed by atoms with Crippen LogP contribution in [0.4, 0.5) is 10.1 Å². The Morgan fingerprint density at radius 1 is 0.930 bits per heavy atom. The number of benzene rings is 3. The second-order valence-electron chi connectivity index (χ2n) is 10.5. The summed E-state index contributed by atoms with van der Waals surface area (Å²) in [4.78, 5) is 17.3. The molecule has 3 aromatic carbocycles. The molecule has 0 spiro atoms. The lowest BCUT2D eigenvalue weighted by Gasteiger charge is -2.34. The molecular formula is C31H27ClFN5O4S. The minimum Gasteiger partial charge on any atom is -0.301 e. The van der Waals surface area contributed by atoms with Gasteiger partial charge in [0.25, 0.3) is 5.69 Å². The molecule has 0 bridgehead atoms. The summed E-state index contributed by atoms with van der Waals surface area (Å²) >= 11 is 6.16. The van der Waals surface area contributed by atoms with Gasteiger partial charge in [-0.25, -0.2) is 17.8 Å². The van der Waals surface area contributed by atoms with E-state index >= 15 is 0 Å². The van der Waals surface area contributed by atoms with Gasteiger partial charge in [0.1, 0.15) is 16.4 Å². The van der Waals surface area contributed by atoms with Crippen LogP contribution in [-0.2, 0) is 16.6 Å². The molecule has 5 aromatic rings. The molecule has 0 amide bonds. The molecule has 9 nitrogen and oxygen atoms in total. The van der Waals surface area contributed by atoms with Crippen molar-refractivity contribution in [1.82, 2.24) is 18.6 Å². The van der Waals surface area contributed by atoms with Crippen molar-refractivity contribution >= 4 is 33.0 Å². The fraction of sp³-hybridized carbons (Fsp3) is 0.194. The zero-order valence-corrected chi connectivity index (χ0v) is 24.7. The number of hydrogen-bond acceptors (Lipinski definition) is 6. The Morgan fingerprint density at radius 3 is 2.35 bits per heavy atom. The first-order valence-electron chi connectivity index (χ1n) is 13.6. The van der Waals surface area contributed by atoms with Gasteiger partial charge in [0.2, 0.25) is 10.0 Å². The van der Waals surface area contributed by atoms with Crippen LogP contribution < -0.4 is 0 Å². The molecular weight excluding hydrogens is 593 g/mol. The molecule has 1 aliphatic rings. The summed E-state index contributed by atoms with van der Waals surface area (Å²) in [6, 6.07) is 21.9. The van der Waals surface area contributed by atoms with Gasteiger partial charge in [0.05, 0.1) is 21.3 Å². The quantitative estimate of drug-likeness (QED) is 0.159. The average molecular weight is 620 g/mol. The monoisotopic (exact) mass is 619 g/mol. The predicted octanol–water partition coefficient (Wildman–Crippen LogP) is 6.18. The van der Waals surface area contributed by atoms with Crippen LogP contribution in [0, 0.1) is 22.9 Å². The summed E-state index contributed by atoms with van der Waals surface area (Å²) in [6.45, 7) is 3.71. The number of halogens is 2. The molecule has 1 aliphatic heterocycles. The number of nitro benzene ring substituents is 1. The van der Waals surface area contributed by atoms with Gasteiger partial charge in [-0.05, 0) is 60.5 Å². The molecule has 0 atom stereocenters. The third kappa shape index (κ3) is 5.76. The zero-order valence-electron chi connectivity index (χ0n) is 23.2. The van der Waals surface area contributed by atoms with Crippen LogP contribution in [0.5, 0.6) is 0 Å². The molecule has 43 heavy (non-hydrogen) atoms. The van der Waals surface area contributed by atoms with Gasteiger partial charge >= 0.3 is 0 Å². The average Bonchev–Trinajstić information content (AvgIpc) is 3.35. The topological polar surface area (TPSA) is 101 Å². The first-order valence-corrected chi connectivity index (χ1v) is 15.4. The van der Waals surface area contributed by atoms with Gasteiger partial charge < -0.3 is 4.40 Å². The molecule has 0 aliphatic carbocycles. The Bertz CT molecular complexity index is 1960. The maximum absolute atomic E-state index is 13.8. The number of rotatable bonds is 7. The highest BCUT2D eigenvalue weighted by Crippen LogP contribution is 2.31. The highest BCUT2D eigenvalue weighted by atomic mass is 35.5. The fourth-order valence-electron chi connectivity index (χ4n) is 5.36. The number of piperazine rings is 1. The number of pyridine rings is 1. The lowest BCUT2D eigenvalue weighted by atomic mass is 10.1. The van der Waals surface area contributed by atoms with E-state index in [2.05, 4.69) is 17.0 Å². The predicted molar refractivity (Wildman–Crippen MR) is 163 cm³/mol. The van der Waals surface area contributed by atoms with Gasteiger partial charge in [0, 0.05) is 56.6 Å². The SMILES string of the molecule is Cc1cccc(-c2ccc3nc(-c4ccc(F)cc4)c(CN4CCN(S(=O)(=O)c5cc([N+](=O)[O-])ccc5Cl)CC4)n3c2)c1. The smallest absolute Gasteiger partial charge is 0.270 e. The van der Waals surface area contributed by atoms with E-state index in [1.807, 2.05) is 41.8 Å². The number of aryl methyl sites for hydroxylation is 1. The van der Waals surface area contributed by atoms with E-state index in [0.29, 0.717) is 19.6 Å². The van der Waals surface area contributed by atoms with Crippen LogP contribution in [0.25, 0.3) is 28.0 Å². The second-order valence-corrected chi connectivity index (χ2v) is 12.8. The maximum atomic E-state index is 13.8. The van der Waals surface area contributed by atoms with Crippen LogP contribution in [0.15, 0.2) is 90.0 Å². The molecule has 0 unspecified atom stereocenters. The number of hydrogen-bond donors (Lipinski definition) is 0. The summed E-state index contributed by atoms with van der Waals surface area (Å²) in [5.74, 6) is -0.336. The lowest BCUT2D eigenvalue weighted by Crippen LogP contribution is -2.48. The Balaban J connectivity index is 1.30. The van der Waals surface area contributed by atoms with Gasteiger partial charge in [0.15, 0.2) is 0 Å². The number of sulfonamides is 1. The van der Waals surface area contributed by atoms with Gasteiger partial charge in [-0.1, -0.05) is 41.4 Å². The van der Waals surface area contributed by atoms with Crippen LogP contribution in [0.1, 0.15) is 11.3 Å². The minimum atomic E-state index is -4.05. The van der Waals surface area contributed by atoms with E-state index in [-0.39, 0.29) is 34.5 Å². The maximum Gasteiger partial charge on any atom is 0.270 e. The number of nitrogens with zero attached hydrogens (tertiary/aromatic N) is 5. The molecule has 1 saturated heterocycles. The van der Waals surface area contributed by atoms with Crippen molar-refractivity contribution in [3.05, 3.63) is 117 Å². The highest BCUT2D eigenvalue weighted by Gasteiger charge is 2.32. The van der Waals surface area contributed by atoms with E-state index < -0.39 is 14.9 Å². The molecule has 6 rings (SSSR count). The normalized spacial score (nSPS) is 14.8.